The van der Waals surface area contributed by atoms with Crippen LogP contribution in [0.2, 0.25) is 5.28 Å². The van der Waals surface area contributed by atoms with Gasteiger partial charge in [0, 0.05) is 11.3 Å². The van der Waals surface area contributed by atoms with Gasteiger partial charge in [-0.1, -0.05) is 0 Å². The maximum absolute atomic E-state index is 5.70. The molecule has 0 atom stereocenters. The van der Waals surface area contributed by atoms with Gasteiger partial charge < -0.3 is 9.47 Å². The Morgan fingerprint density at radius 3 is 2.72 bits per heavy atom. The molecule has 0 fully saturated rings. The topological polar surface area (TPSA) is 70.0 Å². The maximum atomic E-state index is 5.70. The third-order valence-electron chi connectivity index (χ3n) is 2.15. The molecule has 2 heterocycles. The van der Waals surface area contributed by atoms with Gasteiger partial charge in [0.25, 0.3) is 0 Å². The van der Waals surface area contributed by atoms with Crippen LogP contribution in [-0.4, -0.2) is 33.7 Å². The highest BCUT2D eigenvalue weighted by atomic mass is 35.5. The Hall–Kier alpha value is -1.47. The molecule has 0 unspecified atom stereocenters. The number of halogens is 1. The van der Waals surface area contributed by atoms with Gasteiger partial charge in [0.05, 0.1) is 24.9 Å². The maximum Gasteiger partial charge on any atom is 0.323 e. The number of rotatable bonds is 5. The summed E-state index contributed by atoms with van der Waals surface area (Å²) in [5, 5.41) is 0.0471. The van der Waals surface area contributed by atoms with E-state index in [0.717, 1.165) is 12.1 Å². The predicted molar refractivity (Wildman–Crippen MR) is 67.4 cm³/mol. The molecule has 0 radical (unpaired) electrons. The van der Waals surface area contributed by atoms with E-state index >= 15 is 0 Å². The fourth-order valence-electron chi connectivity index (χ4n) is 1.27. The smallest absolute Gasteiger partial charge is 0.323 e. The second-order valence-electron chi connectivity index (χ2n) is 3.33. The molecular weight excluding hydrogens is 276 g/mol. The highest BCUT2D eigenvalue weighted by Gasteiger charge is 2.07. The summed E-state index contributed by atoms with van der Waals surface area (Å²) in [5.41, 5.74) is 2.84. The second kappa shape index (κ2) is 5.92. The van der Waals surface area contributed by atoms with Crippen molar-refractivity contribution < 1.29 is 9.47 Å². The van der Waals surface area contributed by atoms with E-state index < -0.39 is 0 Å². The van der Waals surface area contributed by atoms with Crippen LogP contribution in [0, 0.1) is 6.92 Å². The van der Waals surface area contributed by atoms with Crippen molar-refractivity contribution in [2.45, 2.75) is 13.3 Å². The van der Waals surface area contributed by atoms with Gasteiger partial charge in [-0.2, -0.15) is 9.97 Å². The van der Waals surface area contributed by atoms with E-state index in [2.05, 4.69) is 19.9 Å². The normalized spacial score (nSPS) is 10.4. The van der Waals surface area contributed by atoms with Crippen molar-refractivity contribution >= 4 is 22.9 Å². The molecule has 6 nitrogen and oxygen atoms in total. The summed E-state index contributed by atoms with van der Waals surface area (Å²) < 4.78 is 10.3. The van der Waals surface area contributed by atoms with E-state index in [1.54, 1.807) is 11.3 Å². The van der Waals surface area contributed by atoms with Crippen LogP contribution in [0.1, 0.15) is 10.6 Å². The molecule has 0 N–H and O–H groups in total. The van der Waals surface area contributed by atoms with Crippen LogP contribution < -0.4 is 9.47 Å². The standard InChI is InChI=1S/C10H11ClN4O2S/c1-6-7(18-5-12-6)3-4-17-10-14-8(11)13-9(15-10)16-2/h5H,3-4H2,1-2H3. The van der Waals surface area contributed by atoms with Crippen LogP contribution in [-0.2, 0) is 6.42 Å². The number of methoxy groups -OCH3 is 1. The van der Waals surface area contributed by atoms with E-state index in [1.165, 1.54) is 12.0 Å². The third-order valence-corrected chi connectivity index (χ3v) is 3.32. The number of hydrogen-bond donors (Lipinski definition) is 0. The van der Waals surface area contributed by atoms with Crippen molar-refractivity contribution in [1.82, 2.24) is 19.9 Å². The Morgan fingerprint density at radius 2 is 2.06 bits per heavy atom. The first-order valence-corrected chi connectivity index (χ1v) is 6.42. The number of nitrogens with zero attached hydrogens (tertiary/aromatic N) is 4. The lowest BCUT2D eigenvalue weighted by atomic mass is 10.3. The first kappa shape index (κ1) is 13.0. The zero-order chi connectivity index (χ0) is 13.0. The van der Waals surface area contributed by atoms with Gasteiger partial charge in [-0.15, -0.1) is 16.3 Å². The van der Waals surface area contributed by atoms with Gasteiger partial charge in [-0.05, 0) is 18.5 Å². The van der Waals surface area contributed by atoms with Gasteiger partial charge in [0.15, 0.2) is 0 Å². The molecule has 0 aliphatic heterocycles. The summed E-state index contributed by atoms with van der Waals surface area (Å²) in [6.45, 7) is 2.42. The summed E-state index contributed by atoms with van der Waals surface area (Å²) >= 11 is 7.30. The summed E-state index contributed by atoms with van der Waals surface area (Å²) in [7, 11) is 1.45. The Morgan fingerprint density at radius 1 is 1.28 bits per heavy atom. The Kier molecular flexibility index (Phi) is 4.27. The molecule has 8 heteroatoms. The Balaban J connectivity index is 1.94. The fraction of sp³-hybridized carbons (Fsp3) is 0.400. The van der Waals surface area contributed by atoms with Gasteiger partial charge in [-0.3, -0.25) is 0 Å². The van der Waals surface area contributed by atoms with Crippen LogP contribution in [0.15, 0.2) is 5.51 Å². The molecule has 0 bridgehead atoms. The van der Waals surface area contributed by atoms with Crippen molar-refractivity contribution in [3.8, 4) is 12.0 Å². The number of aromatic nitrogens is 4. The van der Waals surface area contributed by atoms with Crippen molar-refractivity contribution in [3.63, 3.8) is 0 Å². The Bertz CT molecular complexity index is 534. The van der Waals surface area contributed by atoms with Gasteiger partial charge in [-0.25, -0.2) is 4.98 Å². The Labute approximate surface area is 113 Å². The summed E-state index contributed by atoms with van der Waals surface area (Å²) in [4.78, 5) is 16.9. The van der Waals surface area contributed by atoms with Crippen LogP contribution in [0.4, 0.5) is 0 Å². The van der Waals surface area contributed by atoms with E-state index in [4.69, 9.17) is 21.1 Å². The van der Waals surface area contributed by atoms with Crippen molar-refractivity contribution in [3.05, 3.63) is 21.4 Å². The van der Waals surface area contributed by atoms with Gasteiger partial charge in [0.1, 0.15) is 0 Å². The molecule has 0 amide bonds. The van der Waals surface area contributed by atoms with E-state index in [9.17, 15) is 0 Å². The molecule has 0 aliphatic rings. The van der Waals surface area contributed by atoms with Crippen LogP contribution in [0.25, 0.3) is 0 Å². The van der Waals surface area contributed by atoms with E-state index in [1.807, 2.05) is 12.4 Å². The molecule has 96 valence electrons. The quantitative estimate of drug-likeness (QED) is 0.836. The van der Waals surface area contributed by atoms with Crippen molar-refractivity contribution in [1.29, 1.82) is 0 Å². The highest BCUT2D eigenvalue weighted by molar-refractivity contribution is 7.09. The highest BCUT2D eigenvalue weighted by Crippen LogP contribution is 2.15. The van der Waals surface area contributed by atoms with Crippen LogP contribution in [0.3, 0.4) is 0 Å². The molecule has 2 rings (SSSR count). The fourth-order valence-corrected chi connectivity index (χ4v) is 2.18. The first-order chi connectivity index (χ1) is 8.69. The molecule has 0 aromatic carbocycles. The average Bonchev–Trinajstić information content (AvgIpc) is 2.74. The average molecular weight is 287 g/mol. The predicted octanol–water partition coefficient (Wildman–Crippen LogP) is 1.92. The minimum Gasteiger partial charge on any atom is -0.467 e. The zero-order valence-electron chi connectivity index (χ0n) is 9.88. The van der Waals surface area contributed by atoms with Crippen molar-refractivity contribution in [2.75, 3.05) is 13.7 Å². The molecule has 0 saturated carbocycles. The van der Waals surface area contributed by atoms with Gasteiger partial charge >= 0.3 is 12.0 Å². The SMILES string of the molecule is COc1nc(Cl)nc(OCCc2scnc2C)n1. The molecular formula is C10H11ClN4O2S. The lowest BCUT2D eigenvalue weighted by molar-refractivity contribution is 0.284. The van der Waals surface area contributed by atoms with E-state index in [0.29, 0.717) is 6.61 Å². The minimum atomic E-state index is 0.0471. The largest absolute Gasteiger partial charge is 0.467 e. The lowest BCUT2D eigenvalue weighted by Gasteiger charge is -2.04. The third kappa shape index (κ3) is 3.27. The molecule has 2 aromatic rings. The number of aryl methyl sites for hydroxylation is 1. The number of ether oxygens (including phenoxy) is 2. The molecule has 18 heavy (non-hydrogen) atoms. The molecule has 0 aliphatic carbocycles. The minimum absolute atomic E-state index is 0.0471. The number of hydrogen-bond acceptors (Lipinski definition) is 7. The van der Waals surface area contributed by atoms with Crippen LogP contribution in [0.5, 0.6) is 12.0 Å². The number of thiazole rings is 1. The molecule has 0 spiro atoms. The summed E-state index contributed by atoms with van der Waals surface area (Å²) in [6, 6.07) is 0.299. The van der Waals surface area contributed by atoms with Crippen molar-refractivity contribution in [2.24, 2.45) is 0 Å². The van der Waals surface area contributed by atoms with E-state index in [-0.39, 0.29) is 17.3 Å². The molecule has 2 aromatic heterocycles. The zero-order valence-corrected chi connectivity index (χ0v) is 11.5. The summed E-state index contributed by atoms with van der Waals surface area (Å²) in [6.07, 6.45) is 0.752. The first-order valence-electron chi connectivity index (χ1n) is 5.16. The lowest BCUT2D eigenvalue weighted by Crippen LogP contribution is -2.06. The molecule has 0 saturated heterocycles. The van der Waals surface area contributed by atoms with Gasteiger partial charge in [0.2, 0.25) is 5.28 Å². The monoisotopic (exact) mass is 286 g/mol. The second-order valence-corrected chi connectivity index (χ2v) is 4.61. The van der Waals surface area contributed by atoms with Crippen LogP contribution >= 0.6 is 22.9 Å². The summed E-state index contributed by atoms with van der Waals surface area (Å²) in [5.74, 6) is 0.